The van der Waals surface area contributed by atoms with Crippen molar-refractivity contribution in [1.82, 2.24) is 40.3 Å². The topological polar surface area (TPSA) is 148 Å². The standard InChI is InChI=1S/C46H61FN10O4/c1-32-11-10-12-39(47)37(32)29-55-30-38(42(31-55)53(2)3)33-13-16-35(17-14-33)56-25-23-54(24-26-56)22-9-7-5-4-6-8-21-48-44(59)28-49-34-15-18-40-36(27-34)46(61)57(52-51-40)41-19-20-43(58)50-45(41)60/h10-18,27,38,41-42,49H,4-9,19-26,28-31H2,1-3H3,(H,48,59)(H,50,58,60)/t38?,41?,42-/m0/s1. The van der Waals surface area contributed by atoms with E-state index in [1.54, 1.807) is 30.3 Å². The fourth-order valence-corrected chi connectivity index (χ4v) is 9.02. The second-order valence-electron chi connectivity index (χ2n) is 17.1. The van der Waals surface area contributed by atoms with Gasteiger partial charge in [-0.2, -0.15) is 4.68 Å². The molecular weight excluding hydrogens is 776 g/mol. The molecule has 3 aliphatic rings. The van der Waals surface area contributed by atoms with Crippen LogP contribution in [0, 0.1) is 12.7 Å². The van der Waals surface area contributed by atoms with Gasteiger partial charge in [-0.3, -0.25) is 34.3 Å². The van der Waals surface area contributed by atoms with Gasteiger partial charge in [0.25, 0.3) is 11.5 Å². The number of imide groups is 1. The van der Waals surface area contributed by atoms with E-state index in [0.717, 1.165) is 80.9 Å². The Morgan fingerprint density at radius 2 is 1.66 bits per heavy atom. The number of anilines is 2. The van der Waals surface area contributed by atoms with Gasteiger partial charge in [0.2, 0.25) is 11.8 Å². The largest absolute Gasteiger partial charge is 0.376 e. The summed E-state index contributed by atoms with van der Waals surface area (Å²) in [5.74, 6) is -0.803. The molecule has 3 saturated heterocycles. The van der Waals surface area contributed by atoms with Crippen LogP contribution in [-0.2, 0) is 20.9 Å². The minimum absolute atomic E-state index is 0.0588. The third kappa shape index (κ3) is 11.2. The Kier molecular flexibility index (Phi) is 14.8. The summed E-state index contributed by atoms with van der Waals surface area (Å²) in [6.07, 6.45) is 7.04. The Hall–Kier alpha value is -5.25. The summed E-state index contributed by atoms with van der Waals surface area (Å²) in [6.45, 7) is 10.5. The van der Waals surface area contributed by atoms with E-state index >= 15 is 0 Å². The first-order valence-corrected chi connectivity index (χ1v) is 22.0. The van der Waals surface area contributed by atoms with Crippen LogP contribution in [0.3, 0.4) is 0 Å². The minimum Gasteiger partial charge on any atom is -0.376 e. The van der Waals surface area contributed by atoms with Crippen LogP contribution in [0.25, 0.3) is 10.9 Å². The molecule has 326 valence electrons. The highest BCUT2D eigenvalue weighted by Gasteiger charge is 2.36. The number of nitrogens with one attached hydrogen (secondary N) is 3. The number of hydrogen-bond acceptors (Lipinski definition) is 11. The maximum atomic E-state index is 14.6. The van der Waals surface area contributed by atoms with Crippen LogP contribution in [-0.4, -0.2) is 126 Å². The van der Waals surface area contributed by atoms with Gasteiger partial charge in [0.15, 0.2) is 0 Å². The zero-order chi connectivity index (χ0) is 42.9. The average molecular weight is 837 g/mol. The van der Waals surface area contributed by atoms with E-state index in [9.17, 15) is 23.6 Å². The number of likely N-dealkylation sites (tertiary alicyclic amines) is 1. The lowest BCUT2D eigenvalue weighted by Crippen LogP contribution is -2.46. The lowest BCUT2D eigenvalue weighted by molar-refractivity contribution is -0.136. The Morgan fingerprint density at radius 1 is 0.902 bits per heavy atom. The Labute approximate surface area is 357 Å². The van der Waals surface area contributed by atoms with Crippen molar-refractivity contribution in [1.29, 1.82) is 0 Å². The number of likely N-dealkylation sites (N-methyl/N-ethyl adjacent to an activating group) is 1. The number of nitrogens with zero attached hydrogens (tertiary/aromatic N) is 7. The third-order valence-electron chi connectivity index (χ3n) is 12.7. The normalized spacial score (nSPS) is 20.1. The van der Waals surface area contributed by atoms with Crippen molar-refractivity contribution in [3.63, 3.8) is 0 Å². The monoisotopic (exact) mass is 836 g/mol. The van der Waals surface area contributed by atoms with E-state index in [2.05, 4.69) is 84.2 Å². The van der Waals surface area contributed by atoms with Gasteiger partial charge in [-0.05, 0) is 94.4 Å². The van der Waals surface area contributed by atoms with Crippen LogP contribution in [0.5, 0.6) is 0 Å². The lowest BCUT2D eigenvalue weighted by atomic mass is 9.93. The lowest BCUT2D eigenvalue weighted by Gasteiger charge is -2.36. The molecule has 3 aromatic carbocycles. The molecule has 61 heavy (non-hydrogen) atoms. The molecule has 3 aliphatic heterocycles. The Bertz CT molecular complexity index is 2190. The summed E-state index contributed by atoms with van der Waals surface area (Å²) in [5.41, 5.74) is 4.94. The third-order valence-corrected chi connectivity index (χ3v) is 12.7. The SMILES string of the molecule is Cc1cccc(F)c1CN1CC(c2ccc(N3CCN(CCCCCCCCNC(=O)CNc4ccc5nnn(C6CCC(=O)NC6=O)c(=O)c5c4)CC3)cc2)[C@@H](N(C)C)C1. The molecule has 4 aromatic rings. The summed E-state index contributed by atoms with van der Waals surface area (Å²) in [4.78, 5) is 59.3. The van der Waals surface area contributed by atoms with Gasteiger partial charge in [0.05, 0.1) is 11.9 Å². The van der Waals surface area contributed by atoms with E-state index in [-0.39, 0.29) is 42.4 Å². The quantitative estimate of drug-likeness (QED) is 0.0966. The van der Waals surface area contributed by atoms with E-state index in [4.69, 9.17) is 0 Å². The molecule has 0 saturated carbocycles. The molecule has 7 rings (SSSR count). The number of aromatic nitrogens is 3. The first-order valence-electron chi connectivity index (χ1n) is 22.0. The number of carbonyl (C=O) groups excluding carboxylic acids is 3. The fraction of sp³-hybridized carbons (Fsp3) is 0.522. The number of piperidine rings is 1. The van der Waals surface area contributed by atoms with Crippen molar-refractivity contribution in [2.45, 2.75) is 82.8 Å². The number of halogens is 1. The van der Waals surface area contributed by atoms with E-state index in [0.29, 0.717) is 36.3 Å². The number of hydrogen-bond donors (Lipinski definition) is 3. The average Bonchev–Trinajstić information content (AvgIpc) is 3.69. The molecule has 3 atom stereocenters. The molecule has 15 heteroatoms. The van der Waals surface area contributed by atoms with E-state index in [1.807, 2.05) is 13.0 Å². The summed E-state index contributed by atoms with van der Waals surface area (Å²) < 4.78 is 15.7. The molecule has 4 heterocycles. The number of rotatable bonds is 18. The van der Waals surface area contributed by atoms with Gasteiger partial charge >= 0.3 is 0 Å². The Balaban J connectivity index is 0.742. The Morgan fingerprint density at radius 3 is 2.39 bits per heavy atom. The summed E-state index contributed by atoms with van der Waals surface area (Å²) in [7, 11) is 4.31. The van der Waals surface area contributed by atoms with Crippen LogP contribution in [0.4, 0.5) is 15.8 Å². The van der Waals surface area contributed by atoms with Crippen molar-refractivity contribution >= 4 is 40.0 Å². The highest BCUT2D eigenvalue weighted by atomic mass is 19.1. The molecule has 3 N–H and O–H groups in total. The maximum Gasteiger partial charge on any atom is 0.278 e. The van der Waals surface area contributed by atoms with E-state index in [1.165, 1.54) is 30.5 Å². The number of piperazine rings is 1. The summed E-state index contributed by atoms with van der Waals surface area (Å²) in [5, 5.41) is 16.5. The van der Waals surface area contributed by atoms with Crippen LogP contribution in [0.15, 0.2) is 65.5 Å². The molecule has 3 fully saturated rings. The molecular formula is C46H61FN10O4. The van der Waals surface area contributed by atoms with Crippen molar-refractivity contribution in [3.8, 4) is 0 Å². The molecule has 0 bridgehead atoms. The first kappa shape index (κ1) is 43.8. The highest BCUT2D eigenvalue weighted by molar-refractivity contribution is 5.99. The minimum atomic E-state index is -0.896. The summed E-state index contributed by atoms with van der Waals surface area (Å²) >= 11 is 0. The summed E-state index contributed by atoms with van der Waals surface area (Å²) in [6, 6.07) is 19.0. The van der Waals surface area contributed by atoms with Gasteiger partial charge in [-0.15, -0.1) is 5.10 Å². The first-order chi connectivity index (χ1) is 29.5. The van der Waals surface area contributed by atoms with Crippen LogP contribution in [0.2, 0.25) is 0 Å². The van der Waals surface area contributed by atoms with Crippen LogP contribution >= 0.6 is 0 Å². The van der Waals surface area contributed by atoms with Gasteiger partial charge in [-0.25, -0.2) is 4.39 Å². The number of carbonyl (C=O) groups is 3. The molecule has 2 unspecified atom stereocenters. The van der Waals surface area contributed by atoms with Gasteiger partial charge in [0.1, 0.15) is 17.4 Å². The number of aryl methyl sites for hydroxylation is 1. The van der Waals surface area contributed by atoms with Gasteiger partial charge in [0, 0.05) is 87.7 Å². The fourth-order valence-electron chi connectivity index (χ4n) is 9.02. The maximum absolute atomic E-state index is 14.6. The predicted octanol–water partition coefficient (Wildman–Crippen LogP) is 4.44. The van der Waals surface area contributed by atoms with Crippen LogP contribution in [0.1, 0.15) is 80.0 Å². The number of amides is 3. The van der Waals surface area contributed by atoms with Crippen molar-refractivity contribution in [2.75, 3.05) is 83.2 Å². The van der Waals surface area contributed by atoms with Crippen molar-refractivity contribution < 1.29 is 18.8 Å². The molecule has 3 amide bonds. The van der Waals surface area contributed by atoms with Gasteiger partial charge in [-0.1, -0.05) is 55.2 Å². The molecule has 14 nitrogen and oxygen atoms in total. The predicted molar refractivity (Wildman–Crippen MR) is 236 cm³/mol. The molecule has 0 radical (unpaired) electrons. The number of unbranched alkanes of at least 4 members (excludes halogenated alkanes) is 5. The van der Waals surface area contributed by atoms with Crippen LogP contribution < -0.4 is 26.4 Å². The zero-order valence-corrected chi connectivity index (χ0v) is 35.9. The van der Waals surface area contributed by atoms with Crippen molar-refractivity contribution in [2.24, 2.45) is 0 Å². The highest BCUT2D eigenvalue weighted by Crippen LogP contribution is 2.33. The molecule has 1 aromatic heterocycles. The van der Waals surface area contributed by atoms with Crippen molar-refractivity contribution in [3.05, 3.63) is 93.5 Å². The second-order valence-corrected chi connectivity index (χ2v) is 17.1. The smallest absolute Gasteiger partial charge is 0.278 e. The molecule has 0 aliphatic carbocycles. The molecule has 0 spiro atoms. The van der Waals surface area contributed by atoms with E-state index < -0.39 is 17.5 Å². The van der Waals surface area contributed by atoms with Gasteiger partial charge < -0.3 is 20.4 Å². The number of fused-ring (bicyclic) bond motifs is 1. The zero-order valence-electron chi connectivity index (χ0n) is 35.9. The number of benzene rings is 3. The second kappa shape index (κ2) is 20.5.